The number of hydrogen-bond donors (Lipinski definition) is 4. The molecule has 5 N–H and O–H groups in total. The Morgan fingerprint density at radius 1 is 1.10 bits per heavy atom. The predicted molar refractivity (Wildman–Crippen MR) is 76.3 cm³/mol. The molecule has 0 saturated heterocycles. The fourth-order valence-electron chi connectivity index (χ4n) is 1.85. The van der Waals surface area contributed by atoms with Crippen molar-refractivity contribution in [2.45, 2.75) is 25.9 Å². The Morgan fingerprint density at radius 2 is 1.67 bits per heavy atom. The van der Waals surface area contributed by atoms with Crippen LogP contribution in [-0.4, -0.2) is 29.1 Å². The van der Waals surface area contributed by atoms with Gasteiger partial charge >= 0.3 is 12.0 Å². The second-order valence-corrected chi connectivity index (χ2v) is 4.92. The lowest BCUT2D eigenvalue weighted by Crippen LogP contribution is -2.52. The van der Waals surface area contributed by atoms with Crippen LogP contribution in [0.2, 0.25) is 0 Å². The highest BCUT2D eigenvalue weighted by atomic mass is 16.4. The zero-order valence-corrected chi connectivity index (χ0v) is 11.9. The third-order valence-corrected chi connectivity index (χ3v) is 2.91. The van der Waals surface area contributed by atoms with Gasteiger partial charge in [0, 0.05) is 0 Å². The third-order valence-electron chi connectivity index (χ3n) is 2.91. The van der Waals surface area contributed by atoms with E-state index in [0.29, 0.717) is 5.56 Å². The van der Waals surface area contributed by atoms with Crippen LogP contribution in [0.15, 0.2) is 30.3 Å². The quantitative estimate of drug-likeness (QED) is 0.614. The molecule has 3 amide bonds. The first-order valence-corrected chi connectivity index (χ1v) is 6.47. The van der Waals surface area contributed by atoms with E-state index in [1.54, 1.807) is 44.2 Å². The van der Waals surface area contributed by atoms with Crippen molar-refractivity contribution in [2.24, 2.45) is 11.7 Å². The van der Waals surface area contributed by atoms with Gasteiger partial charge in [-0.15, -0.1) is 0 Å². The molecule has 2 unspecified atom stereocenters. The molecule has 0 bridgehead atoms. The fourth-order valence-corrected chi connectivity index (χ4v) is 1.85. The van der Waals surface area contributed by atoms with Crippen LogP contribution >= 0.6 is 0 Å². The summed E-state index contributed by atoms with van der Waals surface area (Å²) >= 11 is 0. The summed E-state index contributed by atoms with van der Waals surface area (Å²) in [7, 11) is 0. The Morgan fingerprint density at radius 3 is 2.10 bits per heavy atom. The summed E-state index contributed by atoms with van der Waals surface area (Å²) in [4.78, 5) is 34.4. The smallest absolute Gasteiger partial charge is 0.330 e. The number of rotatable bonds is 6. The summed E-state index contributed by atoms with van der Waals surface area (Å²) in [5.41, 5.74) is 5.47. The Hall–Kier alpha value is -2.57. The lowest BCUT2D eigenvalue weighted by Gasteiger charge is -2.23. The maximum absolute atomic E-state index is 12.2. The lowest BCUT2D eigenvalue weighted by atomic mass is 10.0. The van der Waals surface area contributed by atoms with E-state index < -0.39 is 30.0 Å². The van der Waals surface area contributed by atoms with Crippen molar-refractivity contribution in [1.82, 2.24) is 10.6 Å². The molecule has 2 atom stereocenters. The molecule has 0 aromatic heterocycles. The highest BCUT2D eigenvalue weighted by Crippen LogP contribution is 2.14. The summed E-state index contributed by atoms with van der Waals surface area (Å²) in [5.74, 6) is -2.01. The maximum Gasteiger partial charge on any atom is 0.330 e. The minimum atomic E-state index is -1.19. The van der Waals surface area contributed by atoms with Crippen LogP contribution in [0.25, 0.3) is 0 Å². The van der Waals surface area contributed by atoms with Crippen molar-refractivity contribution in [3.8, 4) is 0 Å². The molecule has 114 valence electrons. The van der Waals surface area contributed by atoms with Crippen LogP contribution in [0.1, 0.15) is 25.5 Å². The van der Waals surface area contributed by atoms with E-state index in [0.717, 1.165) is 0 Å². The number of nitrogens with one attached hydrogen (secondary N) is 2. The van der Waals surface area contributed by atoms with Gasteiger partial charge in [-0.1, -0.05) is 44.2 Å². The van der Waals surface area contributed by atoms with E-state index in [-0.39, 0.29) is 5.92 Å². The molecule has 0 aliphatic heterocycles. The number of primary amides is 1. The molecule has 0 aliphatic carbocycles. The van der Waals surface area contributed by atoms with Crippen molar-refractivity contribution < 1.29 is 19.5 Å². The minimum Gasteiger partial charge on any atom is -0.479 e. The van der Waals surface area contributed by atoms with Gasteiger partial charge in [0.05, 0.1) is 0 Å². The van der Waals surface area contributed by atoms with Crippen molar-refractivity contribution in [3.63, 3.8) is 0 Å². The van der Waals surface area contributed by atoms with E-state index in [9.17, 15) is 19.5 Å². The van der Waals surface area contributed by atoms with Gasteiger partial charge in [-0.25, -0.2) is 9.59 Å². The van der Waals surface area contributed by atoms with Crippen LogP contribution in [0.3, 0.4) is 0 Å². The number of carbonyl (C=O) groups is 3. The molecule has 0 spiro atoms. The number of urea groups is 1. The first-order valence-electron chi connectivity index (χ1n) is 6.47. The molecule has 0 saturated carbocycles. The summed E-state index contributed by atoms with van der Waals surface area (Å²) in [5, 5.41) is 14.0. The molecule has 0 radical (unpaired) electrons. The monoisotopic (exact) mass is 293 g/mol. The number of carboxylic acids is 1. The Balaban J connectivity index is 2.90. The predicted octanol–water partition coefficient (Wildman–Crippen LogP) is 0.621. The Bertz CT molecular complexity index is 516. The molecule has 7 heteroatoms. The minimum absolute atomic E-state index is 0.234. The molecule has 0 fully saturated rings. The van der Waals surface area contributed by atoms with E-state index in [1.807, 2.05) is 0 Å². The summed E-state index contributed by atoms with van der Waals surface area (Å²) in [6.45, 7) is 3.44. The molecular weight excluding hydrogens is 274 g/mol. The van der Waals surface area contributed by atoms with Crippen molar-refractivity contribution in [1.29, 1.82) is 0 Å². The molecule has 7 nitrogen and oxygen atoms in total. The van der Waals surface area contributed by atoms with Gasteiger partial charge in [-0.2, -0.15) is 0 Å². The van der Waals surface area contributed by atoms with Crippen LogP contribution in [0, 0.1) is 5.92 Å². The van der Waals surface area contributed by atoms with E-state index >= 15 is 0 Å². The fraction of sp³-hybridized carbons (Fsp3) is 0.357. The largest absolute Gasteiger partial charge is 0.479 e. The normalized spacial score (nSPS) is 13.3. The Kier molecular flexibility index (Phi) is 5.71. The second-order valence-electron chi connectivity index (χ2n) is 4.92. The summed E-state index contributed by atoms with van der Waals surface area (Å²) in [6.07, 6.45) is 0. The van der Waals surface area contributed by atoms with Gasteiger partial charge in [-0.05, 0) is 11.5 Å². The first kappa shape index (κ1) is 16.5. The third kappa shape index (κ3) is 4.79. The van der Waals surface area contributed by atoms with Crippen molar-refractivity contribution in [3.05, 3.63) is 35.9 Å². The number of nitrogens with two attached hydrogens (primary N) is 1. The summed E-state index contributed by atoms with van der Waals surface area (Å²) < 4.78 is 0. The van der Waals surface area contributed by atoms with E-state index in [2.05, 4.69) is 10.6 Å². The number of aliphatic carboxylic acids is 1. The summed E-state index contributed by atoms with van der Waals surface area (Å²) in [6, 6.07) is 5.39. The zero-order valence-electron chi connectivity index (χ0n) is 11.9. The van der Waals surface area contributed by atoms with Gasteiger partial charge in [-0.3, -0.25) is 4.79 Å². The van der Waals surface area contributed by atoms with E-state index in [4.69, 9.17) is 5.73 Å². The molecule has 1 aromatic carbocycles. The molecule has 1 rings (SSSR count). The van der Waals surface area contributed by atoms with Gasteiger partial charge in [0.2, 0.25) is 5.91 Å². The SMILES string of the molecule is CC(C)C(NC(N)=O)C(=O)NC(C(=O)O)c1ccccc1. The number of amides is 3. The first-order chi connectivity index (χ1) is 9.82. The number of benzene rings is 1. The number of carboxylic acid groups (broad SMARTS) is 1. The highest BCUT2D eigenvalue weighted by Gasteiger charge is 2.28. The van der Waals surface area contributed by atoms with Crippen molar-refractivity contribution >= 4 is 17.9 Å². The molecule has 21 heavy (non-hydrogen) atoms. The zero-order chi connectivity index (χ0) is 16.0. The highest BCUT2D eigenvalue weighted by molar-refractivity contribution is 5.90. The number of hydrogen-bond acceptors (Lipinski definition) is 3. The molecule has 1 aromatic rings. The van der Waals surface area contributed by atoms with Crippen molar-refractivity contribution in [2.75, 3.05) is 0 Å². The molecule has 0 aliphatic rings. The van der Waals surface area contributed by atoms with Crippen LogP contribution in [0.5, 0.6) is 0 Å². The van der Waals surface area contributed by atoms with Gasteiger partial charge < -0.3 is 21.5 Å². The molecule has 0 heterocycles. The van der Waals surface area contributed by atoms with Crippen LogP contribution < -0.4 is 16.4 Å². The Labute approximate surface area is 122 Å². The maximum atomic E-state index is 12.2. The van der Waals surface area contributed by atoms with Crippen LogP contribution in [0.4, 0.5) is 4.79 Å². The van der Waals surface area contributed by atoms with Gasteiger partial charge in [0.15, 0.2) is 6.04 Å². The van der Waals surface area contributed by atoms with Gasteiger partial charge in [0.1, 0.15) is 6.04 Å². The van der Waals surface area contributed by atoms with Crippen LogP contribution in [-0.2, 0) is 9.59 Å². The standard InChI is InChI=1S/C14H19N3O4/c1-8(2)10(17-14(15)21)12(18)16-11(13(19)20)9-6-4-3-5-7-9/h3-8,10-11H,1-2H3,(H,16,18)(H,19,20)(H3,15,17,21). The van der Waals surface area contributed by atoms with E-state index in [1.165, 1.54) is 0 Å². The molecular formula is C14H19N3O4. The average Bonchev–Trinajstić information content (AvgIpc) is 2.42. The second kappa shape index (κ2) is 7.28. The number of carbonyl (C=O) groups excluding carboxylic acids is 2. The average molecular weight is 293 g/mol. The van der Waals surface area contributed by atoms with Gasteiger partial charge in [0.25, 0.3) is 0 Å². The lowest BCUT2D eigenvalue weighted by molar-refractivity contribution is -0.142. The topological polar surface area (TPSA) is 122 Å².